The number of fused-ring (bicyclic) bond motifs is 1. The molecule has 0 aliphatic carbocycles. The first-order chi connectivity index (χ1) is 9.13. The van der Waals surface area contributed by atoms with Gasteiger partial charge in [-0.2, -0.15) is 0 Å². The third-order valence-electron chi connectivity index (χ3n) is 2.75. The van der Waals surface area contributed by atoms with Gasteiger partial charge in [-0.15, -0.1) is 11.3 Å². The molecular formula is C13H17N3OS2. The number of aromatic nitrogens is 1. The van der Waals surface area contributed by atoms with Gasteiger partial charge in [0.05, 0.1) is 16.3 Å². The Kier molecular flexibility index (Phi) is 4.79. The first kappa shape index (κ1) is 14.3. The lowest BCUT2D eigenvalue weighted by molar-refractivity contribution is -0.117. The number of hydrogen-bond acceptors (Lipinski definition) is 5. The number of rotatable bonds is 5. The van der Waals surface area contributed by atoms with Crippen molar-refractivity contribution >= 4 is 44.9 Å². The average Bonchev–Trinajstić information content (AvgIpc) is 2.81. The Bertz CT molecular complexity index is 582. The quantitative estimate of drug-likeness (QED) is 0.832. The van der Waals surface area contributed by atoms with Crippen LogP contribution in [0.3, 0.4) is 0 Å². The molecule has 0 aliphatic heterocycles. The fourth-order valence-corrected chi connectivity index (χ4v) is 3.27. The third-order valence-corrected chi connectivity index (χ3v) is 4.75. The van der Waals surface area contributed by atoms with Crippen LogP contribution in [0.4, 0.5) is 5.69 Å². The van der Waals surface area contributed by atoms with Crippen LogP contribution in [0, 0.1) is 0 Å². The summed E-state index contributed by atoms with van der Waals surface area (Å²) in [5.74, 6) is -0.129. The molecule has 0 saturated heterocycles. The fraction of sp³-hybridized carbons (Fsp3) is 0.385. The van der Waals surface area contributed by atoms with Crippen molar-refractivity contribution in [3.8, 4) is 0 Å². The van der Waals surface area contributed by atoms with Crippen molar-refractivity contribution in [1.82, 2.24) is 4.98 Å². The van der Waals surface area contributed by atoms with E-state index in [-0.39, 0.29) is 5.91 Å². The summed E-state index contributed by atoms with van der Waals surface area (Å²) in [7, 11) is 0. The van der Waals surface area contributed by atoms with Gasteiger partial charge in [-0.05, 0) is 30.9 Å². The highest BCUT2D eigenvalue weighted by Gasteiger charge is 2.13. The molecule has 3 N–H and O–H groups in total. The van der Waals surface area contributed by atoms with Crippen molar-refractivity contribution in [3.05, 3.63) is 18.2 Å². The summed E-state index contributed by atoms with van der Waals surface area (Å²) >= 11 is 3.25. The third kappa shape index (κ3) is 3.46. The van der Waals surface area contributed by atoms with Crippen molar-refractivity contribution in [3.63, 3.8) is 0 Å². The van der Waals surface area contributed by atoms with Crippen LogP contribution in [0.25, 0.3) is 10.2 Å². The van der Waals surface area contributed by atoms with E-state index >= 15 is 0 Å². The molecule has 4 nitrogen and oxygen atoms in total. The number of thioether (sulfide) groups is 1. The van der Waals surface area contributed by atoms with E-state index in [9.17, 15) is 4.79 Å². The molecule has 102 valence electrons. The molecule has 1 atom stereocenters. The SMILES string of the molecule is CCCC(N)C(=O)Nc1ccc2nc(SC)sc2c1. The first-order valence-electron chi connectivity index (χ1n) is 6.15. The van der Waals surface area contributed by atoms with Crippen molar-refractivity contribution < 1.29 is 4.79 Å². The topological polar surface area (TPSA) is 68.0 Å². The summed E-state index contributed by atoms with van der Waals surface area (Å²) in [4.78, 5) is 16.3. The Morgan fingerprint density at radius 3 is 3.05 bits per heavy atom. The Hall–Kier alpha value is -1.11. The minimum absolute atomic E-state index is 0.129. The fourth-order valence-electron chi connectivity index (χ4n) is 1.75. The second-order valence-corrected chi connectivity index (χ2v) is 6.33. The zero-order valence-electron chi connectivity index (χ0n) is 11.0. The molecule has 0 fully saturated rings. The number of carbonyl (C=O) groups excluding carboxylic acids is 1. The number of nitrogens with two attached hydrogens (primary N) is 1. The lowest BCUT2D eigenvalue weighted by Crippen LogP contribution is -2.35. The highest BCUT2D eigenvalue weighted by atomic mass is 32.2. The Morgan fingerprint density at radius 1 is 1.58 bits per heavy atom. The van der Waals surface area contributed by atoms with Crippen LogP contribution in [0.1, 0.15) is 19.8 Å². The molecular weight excluding hydrogens is 278 g/mol. The zero-order valence-corrected chi connectivity index (χ0v) is 12.6. The lowest BCUT2D eigenvalue weighted by atomic mass is 10.1. The van der Waals surface area contributed by atoms with Gasteiger partial charge in [0.2, 0.25) is 5.91 Å². The second kappa shape index (κ2) is 6.36. The molecule has 1 amide bonds. The van der Waals surface area contributed by atoms with Gasteiger partial charge >= 0.3 is 0 Å². The Morgan fingerprint density at radius 2 is 2.37 bits per heavy atom. The molecule has 6 heteroatoms. The Balaban J connectivity index is 2.14. The summed E-state index contributed by atoms with van der Waals surface area (Å²) in [5.41, 5.74) is 7.53. The van der Waals surface area contributed by atoms with E-state index in [1.807, 2.05) is 31.4 Å². The van der Waals surface area contributed by atoms with Crippen LogP contribution in [-0.2, 0) is 4.79 Å². The summed E-state index contributed by atoms with van der Waals surface area (Å²) < 4.78 is 2.10. The van der Waals surface area contributed by atoms with Gasteiger partial charge in [-0.25, -0.2) is 4.98 Å². The number of thiazole rings is 1. The maximum absolute atomic E-state index is 11.8. The molecule has 1 unspecified atom stereocenters. The molecule has 1 aromatic carbocycles. The van der Waals surface area contributed by atoms with Crippen LogP contribution in [-0.4, -0.2) is 23.2 Å². The predicted molar refractivity (Wildman–Crippen MR) is 82.9 cm³/mol. The highest BCUT2D eigenvalue weighted by molar-refractivity contribution is 8.00. The maximum Gasteiger partial charge on any atom is 0.241 e. The van der Waals surface area contributed by atoms with Crippen LogP contribution < -0.4 is 11.1 Å². The molecule has 0 spiro atoms. The van der Waals surface area contributed by atoms with E-state index in [4.69, 9.17) is 5.73 Å². The summed E-state index contributed by atoms with van der Waals surface area (Å²) in [6, 6.07) is 5.29. The van der Waals surface area contributed by atoms with Crippen LogP contribution in [0.5, 0.6) is 0 Å². The number of carbonyl (C=O) groups is 1. The molecule has 0 saturated carbocycles. The van der Waals surface area contributed by atoms with Crippen molar-refractivity contribution in [1.29, 1.82) is 0 Å². The minimum atomic E-state index is -0.441. The van der Waals surface area contributed by atoms with E-state index in [1.54, 1.807) is 23.1 Å². The van der Waals surface area contributed by atoms with E-state index in [2.05, 4.69) is 10.3 Å². The summed E-state index contributed by atoms with van der Waals surface area (Å²) in [5, 5.41) is 2.85. The maximum atomic E-state index is 11.8. The predicted octanol–water partition coefficient (Wildman–Crippen LogP) is 3.08. The highest BCUT2D eigenvalue weighted by Crippen LogP contribution is 2.29. The van der Waals surface area contributed by atoms with Crippen molar-refractivity contribution in [2.24, 2.45) is 5.73 Å². The number of amides is 1. The number of hydrogen-bond donors (Lipinski definition) is 2. The molecule has 2 rings (SSSR count). The smallest absolute Gasteiger partial charge is 0.241 e. The summed E-state index contributed by atoms with van der Waals surface area (Å²) in [6.45, 7) is 2.01. The zero-order chi connectivity index (χ0) is 13.8. The monoisotopic (exact) mass is 295 g/mol. The van der Waals surface area contributed by atoms with E-state index in [0.29, 0.717) is 6.42 Å². The largest absolute Gasteiger partial charge is 0.325 e. The van der Waals surface area contributed by atoms with E-state index in [0.717, 1.165) is 26.7 Å². The lowest BCUT2D eigenvalue weighted by Gasteiger charge is -2.10. The average molecular weight is 295 g/mol. The summed E-state index contributed by atoms with van der Waals surface area (Å²) in [6.07, 6.45) is 3.61. The van der Waals surface area contributed by atoms with Gasteiger partial charge in [0.1, 0.15) is 0 Å². The molecule has 2 aromatic rings. The molecule has 0 aliphatic rings. The van der Waals surface area contributed by atoms with Gasteiger partial charge < -0.3 is 11.1 Å². The molecule has 1 aromatic heterocycles. The number of benzene rings is 1. The van der Waals surface area contributed by atoms with Crippen molar-refractivity contribution in [2.75, 3.05) is 11.6 Å². The van der Waals surface area contributed by atoms with Gasteiger partial charge in [0.25, 0.3) is 0 Å². The molecule has 0 radical (unpaired) electrons. The second-order valence-electron chi connectivity index (χ2n) is 4.25. The van der Waals surface area contributed by atoms with Crippen LogP contribution in [0.15, 0.2) is 22.5 Å². The van der Waals surface area contributed by atoms with Crippen LogP contribution in [0.2, 0.25) is 0 Å². The number of anilines is 1. The minimum Gasteiger partial charge on any atom is -0.325 e. The van der Waals surface area contributed by atoms with Gasteiger partial charge in [-0.3, -0.25) is 4.79 Å². The number of nitrogens with one attached hydrogen (secondary N) is 1. The normalized spacial score (nSPS) is 12.6. The van der Waals surface area contributed by atoms with E-state index in [1.165, 1.54) is 0 Å². The Labute approximate surface area is 120 Å². The molecule has 0 bridgehead atoms. The standard InChI is InChI=1S/C13H17N3OS2/c1-3-4-9(14)12(17)15-8-5-6-10-11(7-8)19-13(16-10)18-2/h5-7,9H,3-4,14H2,1-2H3,(H,15,17). The van der Waals surface area contributed by atoms with Gasteiger partial charge in [0, 0.05) is 5.69 Å². The molecule has 19 heavy (non-hydrogen) atoms. The van der Waals surface area contributed by atoms with E-state index < -0.39 is 6.04 Å². The van der Waals surface area contributed by atoms with Gasteiger partial charge in [0.15, 0.2) is 4.34 Å². The molecule has 1 heterocycles. The van der Waals surface area contributed by atoms with Crippen LogP contribution >= 0.6 is 23.1 Å². The van der Waals surface area contributed by atoms with Crippen molar-refractivity contribution in [2.45, 2.75) is 30.1 Å². The van der Waals surface area contributed by atoms with Gasteiger partial charge in [-0.1, -0.05) is 25.1 Å². The first-order valence-corrected chi connectivity index (χ1v) is 8.19. The number of nitrogens with zero attached hydrogens (tertiary/aromatic N) is 1.